The first kappa shape index (κ1) is 28.4. The Bertz CT molecular complexity index is 1660. The zero-order chi connectivity index (χ0) is 30.1. The van der Waals surface area contributed by atoms with Crippen LogP contribution in [0, 0.1) is 0 Å². The fourth-order valence-electron chi connectivity index (χ4n) is 4.57. The summed E-state index contributed by atoms with van der Waals surface area (Å²) in [6, 6.07) is 6.12. The number of rotatable bonds is 8. The van der Waals surface area contributed by atoms with Gasteiger partial charge in [0.05, 0.1) is 5.52 Å². The number of nitrogens with zero attached hydrogens (tertiary/aromatic N) is 3. The van der Waals surface area contributed by atoms with Crippen molar-refractivity contribution in [1.29, 1.82) is 0 Å². The molecule has 3 atom stereocenters. The molecule has 5 rings (SSSR count). The van der Waals surface area contributed by atoms with Crippen LogP contribution < -0.4 is 10.6 Å². The molecule has 216 valence electrons. The number of β-lactam (4-membered cyclic amide) rings is 1. The molecule has 0 bridgehead atoms. The van der Waals surface area contributed by atoms with Crippen molar-refractivity contribution in [2.75, 3.05) is 12.4 Å². The monoisotopic (exact) mass is 593 g/mol. The maximum Gasteiger partial charge on any atom is 0.352 e. The molecule has 14 nitrogen and oxygen atoms in total. The van der Waals surface area contributed by atoms with E-state index in [1.807, 2.05) is 0 Å². The fraction of sp³-hybridized carbons (Fsp3) is 0.222. The van der Waals surface area contributed by atoms with Crippen LogP contribution in [-0.2, 0) is 23.9 Å². The van der Waals surface area contributed by atoms with Crippen LogP contribution in [0.2, 0.25) is 0 Å². The molecular formula is C27H23N5O9S. The summed E-state index contributed by atoms with van der Waals surface area (Å²) in [7, 11) is 0. The minimum atomic E-state index is -1.39. The number of nitrogens with one attached hydrogen (secondary N) is 2. The highest BCUT2D eigenvalue weighted by Crippen LogP contribution is 2.40. The summed E-state index contributed by atoms with van der Waals surface area (Å²) in [6.45, 7) is 0.886. The number of hydrogen-bond acceptors (Lipinski definition) is 11. The summed E-state index contributed by atoms with van der Waals surface area (Å²) in [6.07, 6.45) is 2.56. The number of ether oxygens (including phenoxy) is 1. The molecule has 3 amide bonds. The van der Waals surface area contributed by atoms with Gasteiger partial charge in [0, 0.05) is 30.6 Å². The Hall–Kier alpha value is -5.18. The number of benzene rings is 1. The number of fused-ring (bicyclic) bond motifs is 2. The summed E-state index contributed by atoms with van der Waals surface area (Å²) < 4.78 is 4.93. The molecule has 15 heteroatoms. The van der Waals surface area contributed by atoms with Crippen LogP contribution in [0.4, 0.5) is 0 Å². The number of carbonyl (C=O) groups excluding carboxylic acids is 4. The highest BCUT2D eigenvalue weighted by molar-refractivity contribution is 8.00. The number of carboxylic acid groups (broad SMARTS) is 1. The van der Waals surface area contributed by atoms with Gasteiger partial charge in [0.15, 0.2) is 5.75 Å². The molecule has 1 saturated heterocycles. The number of aromatic nitrogens is 2. The molecule has 0 saturated carbocycles. The van der Waals surface area contributed by atoms with Gasteiger partial charge in [-0.1, -0.05) is 12.1 Å². The largest absolute Gasteiger partial charge is 0.508 e. The third kappa shape index (κ3) is 5.28. The first-order chi connectivity index (χ1) is 20.1. The third-order valence-electron chi connectivity index (χ3n) is 6.60. The Morgan fingerprint density at radius 3 is 2.57 bits per heavy atom. The zero-order valence-electron chi connectivity index (χ0n) is 21.8. The molecule has 3 aromatic rings. The minimum Gasteiger partial charge on any atom is -0.508 e. The number of aliphatic carboxylic acids is 1. The van der Waals surface area contributed by atoms with E-state index in [0.29, 0.717) is 5.52 Å². The van der Waals surface area contributed by atoms with Crippen LogP contribution in [0.15, 0.2) is 60.1 Å². The Kier molecular flexibility index (Phi) is 7.67. The lowest BCUT2D eigenvalue weighted by Gasteiger charge is -2.49. The number of carbonyl (C=O) groups is 5. The molecule has 2 aliphatic heterocycles. The number of phenolic OH excluding ortho intramolecular Hbond substituents is 1. The molecule has 1 aromatic carbocycles. The summed E-state index contributed by atoms with van der Waals surface area (Å²) >= 11 is 1.18. The molecule has 0 aliphatic carbocycles. The van der Waals surface area contributed by atoms with Crippen LogP contribution >= 0.6 is 11.8 Å². The van der Waals surface area contributed by atoms with Gasteiger partial charge in [-0.25, -0.2) is 4.79 Å². The number of thioether (sulfide) groups is 1. The van der Waals surface area contributed by atoms with Crippen LogP contribution in [0.3, 0.4) is 0 Å². The smallest absolute Gasteiger partial charge is 0.352 e. The first-order valence-electron chi connectivity index (χ1n) is 12.4. The van der Waals surface area contributed by atoms with Crippen molar-refractivity contribution in [2.24, 2.45) is 0 Å². The van der Waals surface area contributed by atoms with Crippen molar-refractivity contribution in [1.82, 2.24) is 25.5 Å². The van der Waals surface area contributed by atoms with Crippen molar-refractivity contribution in [2.45, 2.75) is 24.4 Å². The minimum absolute atomic E-state index is 0.0839. The standard InChI is InChI=1S/C27H23N5O9S/c1-12(33)41-10-14-11-42-26-20(25(38)32(26)21(14)27(39)40)31-24(37)18(13-4-6-15(34)7-5-13)30-23(36)16-9-29-17-3-2-8-28-19(17)22(16)35/h2-9,18,20,26,34H,10-11H2,1H3,(H,29,35)(H,30,36)(H,31,37)(H,39,40)/t18?,20-,26-/m1/s1. The molecule has 5 N–H and O–H groups in total. The number of hydrogen-bond donors (Lipinski definition) is 5. The normalized spacial score (nSPS) is 18.5. The van der Waals surface area contributed by atoms with E-state index in [4.69, 9.17) is 4.74 Å². The summed E-state index contributed by atoms with van der Waals surface area (Å²) in [4.78, 5) is 72.2. The van der Waals surface area contributed by atoms with E-state index in [1.165, 1.54) is 49.1 Å². The molecule has 4 heterocycles. The van der Waals surface area contributed by atoms with Gasteiger partial charge >= 0.3 is 11.9 Å². The first-order valence-corrected chi connectivity index (χ1v) is 13.5. The second-order valence-corrected chi connectivity index (χ2v) is 10.4. The lowest BCUT2D eigenvalue weighted by molar-refractivity contribution is -0.151. The van der Waals surface area contributed by atoms with Crippen LogP contribution in [0.1, 0.15) is 28.9 Å². The average molecular weight is 594 g/mol. The number of carboxylic acids is 1. The molecule has 2 aliphatic rings. The van der Waals surface area contributed by atoms with E-state index >= 15 is 0 Å². The maximum absolute atomic E-state index is 13.5. The Morgan fingerprint density at radius 1 is 1.14 bits per heavy atom. The number of aromatic hydroxyl groups is 2. The van der Waals surface area contributed by atoms with Gasteiger partial charge < -0.3 is 30.7 Å². The highest BCUT2D eigenvalue weighted by atomic mass is 32.2. The summed E-state index contributed by atoms with van der Waals surface area (Å²) in [5, 5.41) is 34.5. The van der Waals surface area contributed by atoms with E-state index < -0.39 is 52.9 Å². The lowest BCUT2D eigenvalue weighted by Crippen LogP contribution is -2.71. The Morgan fingerprint density at radius 2 is 1.88 bits per heavy atom. The van der Waals surface area contributed by atoms with Crippen LogP contribution in [0.5, 0.6) is 11.5 Å². The number of pyridine rings is 2. The molecule has 0 spiro atoms. The van der Waals surface area contributed by atoms with Crippen molar-refractivity contribution < 1.29 is 44.0 Å². The predicted octanol–water partition coefficient (Wildman–Crippen LogP) is 0.814. The Labute approximate surface area is 241 Å². The van der Waals surface area contributed by atoms with Gasteiger partial charge in [0.1, 0.15) is 46.6 Å². The second-order valence-electron chi connectivity index (χ2n) is 9.32. The second kappa shape index (κ2) is 11.4. The van der Waals surface area contributed by atoms with Crippen molar-refractivity contribution in [3.8, 4) is 11.5 Å². The van der Waals surface area contributed by atoms with Gasteiger partial charge in [0.2, 0.25) is 5.91 Å². The van der Waals surface area contributed by atoms with E-state index in [9.17, 15) is 39.3 Å². The number of esters is 1. The Balaban J connectivity index is 1.38. The predicted molar refractivity (Wildman–Crippen MR) is 146 cm³/mol. The van der Waals surface area contributed by atoms with Gasteiger partial charge in [-0.2, -0.15) is 0 Å². The van der Waals surface area contributed by atoms with Crippen molar-refractivity contribution >= 4 is 52.5 Å². The van der Waals surface area contributed by atoms with E-state index in [2.05, 4.69) is 20.6 Å². The van der Waals surface area contributed by atoms with Gasteiger partial charge in [-0.05, 0) is 29.8 Å². The molecule has 1 fully saturated rings. The quantitative estimate of drug-likeness (QED) is 0.182. The molecule has 2 aromatic heterocycles. The van der Waals surface area contributed by atoms with E-state index in [1.54, 1.807) is 12.1 Å². The number of amides is 3. The topological polar surface area (TPSA) is 208 Å². The highest BCUT2D eigenvalue weighted by Gasteiger charge is 2.54. The van der Waals surface area contributed by atoms with Gasteiger partial charge in [0.25, 0.3) is 11.8 Å². The molecular weight excluding hydrogens is 570 g/mol. The van der Waals surface area contributed by atoms with Gasteiger partial charge in [-0.3, -0.25) is 34.0 Å². The zero-order valence-corrected chi connectivity index (χ0v) is 22.6. The lowest BCUT2D eigenvalue weighted by atomic mass is 10.0. The average Bonchev–Trinajstić information content (AvgIpc) is 2.97. The number of phenols is 1. The molecule has 1 unspecified atom stereocenters. The third-order valence-corrected chi connectivity index (χ3v) is 7.94. The van der Waals surface area contributed by atoms with Gasteiger partial charge in [-0.15, -0.1) is 11.8 Å². The molecule has 42 heavy (non-hydrogen) atoms. The van der Waals surface area contributed by atoms with Crippen LogP contribution in [-0.4, -0.2) is 83.6 Å². The van der Waals surface area contributed by atoms with Crippen LogP contribution in [0.25, 0.3) is 11.0 Å². The van der Waals surface area contributed by atoms with Crippen molar-refractivity contribution in [3.05, 3.63) is 71.2 Å². The maximum atomic E-state index is 13.5. The van der Waals surface area contributed by atoms with E-state index in [-0.39, 0.29) is 46.0 Å². The molecule has 0 radical (unpaired) electrons. The fourth-order valence-corrected chi connectivity index (χ4v) is 5.90. The van der Waals surface area contributed by atoms with Crippen molar-refractivity contribution in [3.63, 3.8) is 0 Å². The SMILES string of the molecule is CC(=O)OCC1=C(C(=O)O)N2C(=O)[C@@H](NC(=O)C(NC(=O)c3cnc4cccnc4c3O)c3ccc(O)cc3)[C@H]2SC1. The summed E-state index contributed by atoms with van der Waals surface area (Å²) in [5.41, 5.74) is 0.364. The summed E-state index contributed by atoms with van der Waals surface area (Å²) in [5.74, 6) is -4.74. The van der Waals surface area contributed by atoms with E-state index in [0.717, 1.165) is 11.1 Å².